The van der Waals surface area contributed by atoms with Crippen LogP contribution in [0.3, 0.4) is 0 Å². The summed E-state index contributed by atoms with van der Waals surface area (Å²) in [5.41, 5.74) is 0.240. The molecule has 0 aromatic heterocycles. The molecule has 0 atom stereocenters. The molecule has 6 nitrogen and oxygen atoms in total. The zero-order valence-corrected chi connectivity index (χ0v) is 11.2. The average molecular weight is 303 g/mol. The van der Waals surface area contributed by atoms with E-state index in [9.17, 15) is 14.9 Å². The number of benzene rings is 2. The number of ether oxygens (including phenoxy) is 1. The molecule has 21 heavy (non-hydrogen) atoms. The zero-order valence-electron chi connectivity index (χ0n) is 10.4. The molecular formula is C14H7ClN2O4. The third kappa shape index (κ3) is 3.35. The van der Waals surface area contributed by atoms with Crippen molar-refractivity contribution in [3.05, 3.63) is 68.7 Å². The molecule has 0 bridgehead atoms. The standard InChI is InChI=1S/C14H7ClN2O4/c15-13-7-10(17(19)20)3-6-12(13)14(18)21-11-4-1-9(8-16)2-5-11/h1-7H. The maximum Gasteiger partial charge on any atom is 0.345 e. The van der Waals surface area contributed by atoms with Crippen LogP contribution in [0.25, 0.3) is 0 Å². The highest BCUT2D eigenvalue weighted by Crippen LogP contribution is 2.24. The molecule has 2 rings (SSSR count). The van der Waals surface area contributed by atoms with Gasteiger partial charge in [-0.05, 0) is 30.3 Å². The van der Waals surface area contributed by atoms with E-state index >= 15 is 0 Å². The van der Waals surface area contributed by atoms with E-state index in [0.717, 1.165) is 6.07 Å². The number of rotatable bonds is 3. The van der Waals surface area contributed by atoms with Crippen LogP contribution in [0.2, 0.25) is 5.02 Å². The number of halogens is 1. The first-order valence-electron chi connectivity index (χ1n) is 5.67. The van der Waals surface area contributed by atoms with Crippen molar-refractivity contribution >= 4 is 23.3 Å². The van der Waals surface area contributed by atoms with Gasteiger partial charge in [-0.2, -0.15) is 5.26 Å². The summed E-state index contributed by atoms with van der Waals surface area (Å²) >= 11 is 5.83. The normalized spacial score (nSPS) is 9.71. The number of nitrogens with zero attached hydrogens (tertiary/aromatic N) is 2. The molecule has 0 saturated heterocycles. The highest BCUT2D eigenvalue weighted by atomic mass is 35.5. The second-order valence-electron chi connectivity index (χ2n) is 3.95. The van der Waals surface area contributed by atoms with Gasteiger partial charge in [-0.1, -0.05) is 11.6 Å². The minimum atomic E-state index is -0.736. The minimum Gasteiger partial charge on any atom is -0.423 e. The first-order chi connectivity index (χ1) is 10.0. The van der Waals surface area contributed by atoms with Crippen molar-refractivity contribution in [1.82, 2.24) is 0 Å². The highest BCUT2D eigenvalue weighted by molar-refractivity contribution is 6.33. The van der Waals surface area contributed by atoms with Gasteiger partial charge in [0.15, 0.2) is 0 Å². The highest BCUT2D eigenvalue weighted by Gasteiger charge is 2.16. The SMILES string of the molecule is N#Cc1ccc(OC(=O)c2ccc([N+](=O)[O-])cc2Cl)cc1. The van der Waals surface area contributed by atoms with E-state index in [1.807, 2.05) is 6.07 Å². The molecule has 0 N–H and O–H groups in total. The van der Waals surface area contributed by atoms with Gasteiger partial charge in [0.2, 0.25) is 0 Å². The minimum absolute atomic E-state index is 0.0200. The van der Waals surface area contributed by atoms with Crippen LogP contribution < -0.4 is 4.74 Å². The Bertz CT molecular complexity index is 751. The monoisotopic (exact) mass is 302 g/mol. The van der Waals surface area contributed by atoms with E-state index < -0.39 is 10.9 Å². The first kappa shape index (κ1) is 14.5. The van der Waals surface area contributed by atoms with Gasteiger partial charge in [0.05, 0.1) is 27.1 Å². The van der Waals surface area contributed by atoms with Gasteiger partial charge in [-0.3, -0.25) is 10.1 Å². The molecule has 0 radical (unpaired) electrons. The lowest BCUT2D eigenvalue weighted by molar-refractivity contribution is -0.384. The fourth-order valence-electron chi connectivity index (χ4n) is 1.54. The Morgan fingerprint density at radius 1 is 1.24 bits per heavy atom. The molecule has 0 aliphatic rings. The summed E-state index contributed by atoms with van der Waals surface area (Å²) in [7, 11) is 0. The van der Waals surface area contributed by atoms with E-state index in [0.29, 0.717) is 5.56 Å². The number of nitriles is 1. The van der Waals surface area contributed by atoms with Crippen molar-refractivity contribution in [2.75, 3.05) is 0 Å². The molecule has 0 aliphatic heterocycles. The molecule has 104 valence electrons. The quantitative estimate of drug-likeness (QED) is 0.375. The lowest BCUT2D eigenvalue weighted by Crippen LogP contribution is -2.09. The number of nitro benzene ring substituents is 1. The van der Waals surface area contributed by atoms with E-state index in [1.165, 1.54) is 36.4 Å². The molecule has 2 aromatic rings. The summed E-state index contributed by atoms with van der Waals surface area (Å²) in [5.74, 6) is -0.493. The first-order valence-corrected chi connectivity index (χ1v) is 6.05. The van der Waals surface area contributed by atoms with Crippen LogP contribution in [-0.4, -0.2) is 10.9 Å². The third-order valence-corrected chi connectivity index (χ3v) is 2.89. The molecule has 0 aliphatic carbocycles. The topological polar surface area (TPSA) is 93.2 Å². The number of non-ortho nitro benzene ring substituents is 1. The van der Waals surface area contributed by atoms with Crippen molar-refractivity contribution < 1.29 is 14.5 Å². The van der Waals surface area contributed by atoms with Crippen molar-refractivity contribution in [1.29, 1.82) is 5.26 Å². The van der Waals surface area contributed by atoms with Crippen molar-refractivity contribution in [3.63, 3.8) is 0 Å². The van der Waals surface area contributed by atoms with Crippen LogP contribution in [-0.2, 0) is 0 Å². The molecule has 2 aromatic carbocycles. The van der Waals surface area contributed by atoms with Gasteiger partial charge < -0.3 is 4.74 Å². The number of nitro groups is 1. The number of hydrogen-bond donors (Lipinski definition) is 0. The predicted octanol–water partition coefficient (Wildman–Crippen LogP) is 3.34. The Hall–Kier alpha value is -2.91. The molecule has 0 spiro atoms. The fraction of sp³-hybridized carbons (Fsp3) is 0. The summed E-state index contributed by atoms with van der Waals surface area (Å²) in [6.45, 7) is 0. The Morgan fingerprint density at radius 3 is 2.43 bits per heavy atom. The summed E-state index contributed by atoms with van der Waals surface area (Å²) in [4.78, 5) is 21.9. The van der Waals surface area contributed by atoms with Crippen LogP contribution in [0.5, 0.6) is 5.75 Å². The van der Waals surface area contributed by atoms with Crippen molar-refractivity contribution in [2.24, 2.45) is 0 Å². The maximum absolute atomic E-state index is 11.9. The Kier molecular flexibility index (Phi) is 4.16. The van der Waals surface area contributed by atoms with Crippen LogP contribution in [0.4, 0.5) is 5.69 Å². The molecular weight excluding hydrogens is 296 g/mol. The van der Waals surface area contributed by atoms with Gasteiger partial charge in [-0.15, -0.1) is 0 Å². The number of carbonyl (C=O) groups excluding carboxylic acids is 1. The van der Waals surface area contributed by atoms with E-state index in [4.69, 9.17) is 21.6 Å². The molecule has 0 saturated carbocycles. The predicted molar refractivity (Wildman–Crippen MR) is 74.2 cm³/mol. The summed E-state index contributed by atoms with van der Waals surface area (Å²) in [6.07, 6.45) is 0. The van der Waals surface area contributed by atoms with Crippen molar-refractivity contribution in [3.8, 4) is 11.8 Å². The van der Waals surface area contributed by atoms with E-state index in [1.54, 1.807) is 0 Å². The number of esters is 1. The summed E-state index contributed by atoms with van der Waals surface area (Å²) in [6, 6.07) is 11.4. The molecule has 0 fully saturated rings. The Balaban J connectivity index is 2.20. The summed E-state index contributed by atoms with van der Waals surface area (Å²) in [5, 5.41) is 19.2. The number of hydrogen-bond acceptors (Lipinski definition) is 5. The average Bonchev–Trinajstić information content (AvgIpc) is 2.47. The van der Waals surface area contributed by atoms with Gasteiger partial charge in [0, 0.05) is 12.1 Å². The van der Waals surface area contributed by atoms with Crippen molar-refractivity contribution in [2.45, 2.75) is 0 Å². The van der Waals surface area contributed by atoms with Crippen LogP contribution >= 0.6 is 11.6 Å². The fourth-order valence-corrected chi connectivity index (χ4v) is 1.79. The van der Waals surface area contributed by atoms with Crippen LogP contribution in [0, 0.1) is 21.4 Å². The van der Waals surface area contributed by atoms with Gasteiger partial charge in [-0.25, -0.2) is 4.79 Å². The van der Waals surface area contributed by atoms with Gasteiger partial charge in [0.25, 0.3) is 5.69 Å². The molecule has 0 unspecified atom stereocenters. The third-order valence-electron chi connectivity index (χ3n) is 2.58. The Morgan fingerprint density at radius 2 is 1.90 bits per heavy atom. The lowest BCUT2D eigenvalue weighted by Gasteiger charge is -2.05. The molecule has 0 amide bonds. The smallest absolute Gasteiger partial charge is 0.345 e. The van der Waals surface area contributed by atoms with E-state index in [2.05, 4.69) is 0 Å². The summed E-state index contributed by atoms with van der Waals surface area (Å²) < 4.78 is 5.08. The second-order valence-corrected chi connectivity index (χ2v) is 4.35. The molecule has 7 heteroatoms. The molecule has 0 heterocycles. The maximum atomic E-state index is 11.9. The van der Waals surface area contributed by atoms with E-state index in [-0.39, 0.29) is 22.0 Å². The van der Waals surface area contributed by atoms with Crippen LogP contribution in [0.15, 0.2) is 42.5 Å². The van der Waals surface area contributed by atoms with Gasteiger partial charge >= 0.3 is 5.97 Å². The van der Waals surface area contributed by atoms with Gasteiger partial charge in [0.1, 0.15) is 5.75 Å². The van der Waals surface area contributed by atoms with Crippen LogP contribution in [0.1, 0.15) is 15.9 Å². The zero-order chi connectivity index (χ0) is 15.4. The largest absolute Gasteiger partial charge is 0.423 e. The lowest BCUT2D eigenvalue weighted by atomic mass is 10.2. The Labute approximate surface area is 124 Å². The second kappa shape index (κ2) is 6.03. The number of carbonyl (C=O) groups is 1.